The van der Waals surface area contributed by atoms with Crippen molar-refractivity contribution in [3.63, 3.8) is 0 Å². The number of nitrogens with zero attached hydrogens (tertiary/aromatic N) is 2. The molecule has 2 amide bonds. The lowest BCUT2D eigenvalue weighted by molar-refractivity contribution is -0.139. The lowest BCUT2D eigenvalue weighted by Gasteiger charge is -2.32. The molecular formula is C16H24N4O2. The molecule has 1 aromatic heterocycles. The van der Waals surface area contributed by atoms with Gasteiger partial charge in [-0.3, -0.25) is 9.59 Å². The van der Waals surface area contributed by atoms with Crippen LogP contribution in [0.3, 0.4) is 0 Å². The second kappa shape index (κ2) is 8.36. The summed E-state index contributed by atoms with van der Waals surface area (Å²) >= 11 is 0. The maximum atomic E-state index is 11.6. The van der Waals surface area contributed by atoms with Crippen LogP contribution in [0.5, 0.6) is 0 Å². The zero-order chi connectivity index (χ0) is 15.8. The largest absolute Gasteiger partial charge is 0.357 e. The molecule has 0 atom stereocenters. The molecule has 1 aliphatic rings. The van der Waals surface area contributed by atoms with Gasteiger partial charge in [0, 0.05) is 32.4 Å². The van der Waals surface area contributed by atoms with E-state index >= 15 is 0 Å². The number of pyridine rings is 1. The molecule has 0 unspecified atom stereocenters. The number of amides is 2. The first-order valence-corrected chi connectivity index (χ1v) is 7.92. The average Bonchev–Trinajstić information content (AvgIpc) is 2.58. The molecule has 0 aliphatic carbocycles. The van der Waals surface area contributed by atoms with Crippen LogP contribution in [0.2, 0.25) is 0 Å². The van der Waals surface area contributed by atoms with Gasteiger partial charge in [0.15, 0.2) is 0 Å². The highest BCUT2D eigenvalue weighted by molar-refractivity contribution is 6.35. The van der Waals surface area contributed by atoms with Crippen molar-refractivity contribution >= 4 is 17.6 Å². The Morgan fingerprint density at radius 1 is 1.23 bits per heavy atom. The molecule has 0 radical (unpaired) electrons. The Hall–Kier alpha value is -2.11. The summed E-state index contributed by atoms with van der Waals surface area (Å²) in [6.45, 7) is 4.91. The number of carbonyl (C=O) groups is 2. The molecule has 0 spiro atoms. The summed E-state index contributed by atoms with van der Waals surface area (Å²) in [4.78, 5) is 29.7. The molecule has 2 heterocycles. The Morgan fingerprint density at radius 3 is 2.59 bits per heavy atom. The maximum Gasteiger partial charge on any atom is 0.309 e. The normalized spacial score (nSPS) is 15.4. The van der Waals surface area contributed by atoms with E-state index in [2.05, 4.69) is 20.5 Å². The van der Waals surface area contributed by atoms with E-state index in [1.807, 2.05) is 25.1 Å². The zero-order valence-electron chi connectivity index (χ0n) is 13.0. The zero-order valence-corrected chi connectivity index (χ0v) is 13.0. The van der Waals surface area contributed by atoms with Crippen molar-refractivity contribution < 1.29 is 9.59 Å². The molecule has 120 valence electrons. The van der Waals surface area contributed by atoms with Crippen molar-refractivity contribution in [2.24, 2.45) is 5.92 Å². The van der Waals surface area contributed by atoms with Crippen molar-refractivity contribution in [3.8, 4) is 0 Å². The van der Waals surface area contributed by atoms with Gasteiger partial charge in [-0.2, -0.15) is 0 Å². The van der Waals surface area contributed by atoms with Gasteiger partial charge in [0.1, 0.15) is 5.82 Å². The van der Waals surface area contributed by atoms with Gasteiger partial charge in [0.2, 0.25) is 0 Å². The van der Waals surface area contributed by atoms with Crippen LogP contribution in [-0.4, -0.2) is 43.0 Å². The van der Waals surface area contributed by atoms with Gasteiger partial charge < -0.3 is 15.5 Å². The van der Waals surface area contributed by atoms with Crippen molar-refractivity contribution in [1.82, 2.24) is 15.6 Å². The first kappa shape index (κ1) is 16.3. The van der Waals surface area contributed by atoms with Crippen LogP contribution < -0.4 is 15.5 Å². The summed E-state index contributed by atoms with van der Waals surface area (Å²) in [6, 6.07) is 5.92. The Kier molecular flexibility index (Phi) is 6.18. The molecule has 0 bridgehead atoms. The number of carbonyl (C=O) groups excluding carboxylic acids is 2. The highest BCUT2D eigenvalue weighted by Gasteiger charge is 2.21. The SMILES string of the molecule is CCCNC(=O)C(=O)NCC1CCN(c2ccccn2)CC1. The highest BCUT2D eigenvalue weighted by atomic mass is 16.2. The fraction of sp³-hybridized carbons (Fsp3) is 0.562. The smallest absolute Gasteiger partial charge is 0.309 e. The van der Waals surface area contributed by atoms with Crippen LogP contribution in [-0.2, 0) is 9.59 Å². The fourth-order valence-electron chi connectivity index (χ4n) is 2.54. The first-order chi connectivity index (χ1) is 10.7. The predicted molar refractivity (Wildman–Crippen MR) is 85.5 cm³/mol. The highest BCUT2D eigenvalue weighted by Crippen LogP contribution is 2.20. The van der Waals surface area contributed by atoms with E-state index in [-0.39, 0.29) is 0 Å². The van der Waals surface area contributed by atoms with Crippen LogP contribution in [0, 0.1) is 5.92 Å². The molecule has 0 saturated carbocycles. The predicted octanol–water partition coefficient (Wildman–Crippen LogP) is 0.940. The topological polar surface area (TPSA) is 74.3 Å². The van der Waals surface area contributed by atoms with Gasteiger partial charge >= 0.3 is 11.8 Å². The van der Waals surface area contributed by atoms with Gasteiger partial charge in [-0.15, -0.1) is 0 Å². The molecule has 6 nitrogen and oxygen atoms in total. The minimum absolute atomic E-state index is 0.419. The van der Waals surface area contributed by atoms with Gasteiger partial charge in [0.25, 0.3) is 0 Å². The molecule has 1 saturated heterocycles. The van der Waals surface area contributed by atoms with E-state index in [9.17, 15) is 9.59 Å². The summed E-state index contributed by atoms with van der Waals surface area (Å²) in [7, 11) is 0. The van der Waals surface area contributed by atoms with Gasteiger partial charge in [-0.05, 0) is 37.3 Å². The molecule has 2 N–H and O–H groups in total. The van der Waals surface area contributed by atoms with E-state index < -0.39 is 11.8 Å². The Morgan fingerprint density at radius 2 is 1.95 bits per heavy atom. The third kappa shape index (κ3) is 4.72. The van der Waals surface area contributed by atoms with Crippen molar-refractivity contribution in [2.75, 3.05) is 31.1 Å². The van der Waals surface area contributed by atoms with Crippen molar-refractivity contribution in [1.29, 1.82) is 0 Å². The summed E-state index contributed by atoms with van der Waals surface area (Å²) in [5.41, 5.74) is 0. The minimum atomic E-state index is -0.534. The van der Waals surface area contributed by atoms with Crippen LogP contribution >= 0.6 is 0 Å². The van der Waals surface area contributed by atoms with E-state index in [1.54, 1.807) is 6.20 Å². The number of piperidine rings is 1. The average molecular weight is 304 g/mol. The number of rotatable bonds is 5. The molecule has 6 heteroatoms. The number of aromatic nitrogens is 1. The number of hydrogen-bond donors (Lipinski definition) is 2. The molecule has 2 rings (SSSR count). The van der Waals surface area contributed by atoms with Crippen LogP contribution in [0.4, 0.5) is 5.82 Å². The van der Waals surface area contributed by atoms with Crippen LogP contribution in [0.15, 0.2) is 24.4 Å². The first-order valence-electron chi connectivity index (χ1n) is 7.92. The Labute approximate surface area is 131 Å². The third-order valence-corrected chi connectivity index (χ3v) is 3.88. The number of nitrogens with one attached hydrogen (secondary N) is 2. The molecule has 22 heavy (non-hydrogen) atoms. The summed E-state index contributed by atoms with van der Waals surface area (Å²) in [6.07, 6.45) is 4.61. The lowest BCUT2D eigenvalue weighted by atomic mass is 9.97. The molecule has 1 aromatic rings. The fourth-order valence-corrected chi connectivity index (χ4v) is 2.54. The van der Waals surface area contributed by atoms with Gasteiger partial charge in [-0.1, -0.05) is 13.0 Å². The quantitative estimate of drug-likeness (QED) is 0.794. The molecule has 0 aromatic carbocycles. The number of anilines is 1. The van der Waals surface area contributed by atoms with Gasteiger partial charge in [0.05, 0.1) is 0 Å². The van der Waals surface area contributed by atoms with E-state index in [0.29, 0.717) is 19.0 Å². The van der Waals surface area contributed by atoms with Gasteiger partial charge in [-0.25, -0.2) is 4.98 Å². The third-order valence-electron chi connectivity index (χ3n) is 3.88. The minimum Gasteiger partial charge on any atom is -0.357 e. The van der Waals surface area contributed by atoms with E-state index in [0.717, 1.165) is 38.2 Å². The Bertz CT molecular complexity index is 484. The standard InChI is InChI=1S/C16H24N4O2/c1-2-8-18-15(21)16(22)19-12-13-6-10-20(11-7-13)14-5-3-4-9-17-14/h3-5,9,13H,2,6-8,10-12H2,1H3,(H,18,21)(H,19,22). The monoisotopic (exact) mass is 304 g/mol. The second-order valence-electron chi connectivity index (χ2n) is 5.58. The summed E-state index contributed by atoms with van der Waals surface area (Å²) < 4.78 is 0. The molecular weight excluding hydrogens is 280 g/mol. The molecule has 1 aliphatic heterocycles. The summed E-state index contributed by atoms with van der Waals surface area (Å²) in [5, 5.41) is 5.31. The second-order valence-corrected chi connectivity index (χ2v) is 5.58. The number of hydrogen-bond acceptors (Lipinski definition) is 4. The van der Waals surface area contributed by atoms with Crippen molar-refractivity contribution in [2.45, 2.75) is 26.2 Å². The summed E-state index contributed by atoms with van der Waals surface area (Å²) in [5.74, 6) is 0.361. The maximum absolute atomic E-state index is 11.6. The Balaban J connectivity index is 1.69. The van der Waals surface area contributed by atoms with E-state index in [4.69, 9.17) is 0 Å². The van der Waals surface area contributed by atoms with Crippen molar-refractivity contribution in [3.05, 3.63) is 24.4 Å². The van der Waals surface area contributed by atoms with Crippen LogP contribution in [0.25, 0.3) is 0 Å². The lowest BCUT2D eigenvalue weighted by Crippen LogP contribution is -2.44. The van der Waals surface area contributed by atoms with E-state index in [1.165, 1.54) is 0 Å². The molecule has 1 fully saturated rings. The van der Waals surface area contributed by atoms with Crippen LogP contribution in [0.1, 0.15) is 26.2 Å².